The number of benzene rings is 2. The summed E-state index contributed by atoms with van der Waals surface area (Å²) in [7, 11) is 1.21. The highest BCUT2D eigenvalue weighted by atomic mass is 16.6. The van der Waals surface area contributed by atoms with Crippen molar-refractivity contribution in [2.24, 2.45) is 0 Å². The fourth-order valence-electron chi connectivity index (χ4n) is 3.35. The van der Waals surface area contributed by atoms with Gasteiger partial charge in [0, 0.05) is 17.7 Å². The minimum Gasteiger partial charge on any atom is -0.488 e. The van der Waals surface area contributed by atoms with Crippen molar-refractivity contribution in [3.63, 3.8) is 0 Å². The number of methoxy groups -OCH3 is 1. The lowest BCUT2D eigenvalue weighted by Gasteiger charge is -2.10. The van der Waals surface area contributed by atoms with Gasteiger partial charge in [-0.3, -0.25) is 19.8 Å². The first-order valence-corrected chi connectivity index (χ1v) is 10.3. The van der Waals surface area contributed by atoms with Crippen molar-refractivity contribution in [2.45, 2.75) is 13.2 Å². The molecule has 35 heavy (non-hydrogen) atoms. The number of urea groups is 1. The van der Waals surface area contributed by atoms with Crippen LogP contribution in [0.15, 0.2) is 70.8 Å². The van der Waals surface area contributed by atoms with Crippen LogP contribution in [0.2, 0.25) is 0 Å². The molecule has 11 heteroatoms. The SMILES string of the molecule is COC(=O)c1ccc(CN2C(=O)N/C(=C\c3ccccc3OCc3cccc([N+](=O)[O-])c3)C2=O)o1. The van der Waals surface area contributed by atoms with E-state index in [2.05, 4.69) is 10.1 Å². The van der Waals surface area contributed by atoms with E-state index in [0.29, 0.717) is 16.9 Å². The fourth-order valence-corrected chi connectivity index (χ4v) is 3.35. The van der Waals surface area contributed by atoms with Gasteiger partial charge in [0.05, 0.1) is 18.6 Å². The third kappa shape index (κ3) is 5.19. The number of nitrogens with zero attached hydrogens (tertiary/aromatic N) is 2. The van der Waals surface area contributed by atoms with Crippen molar-refractivity contribution in [1.29, 1.82) is 0 Å². The standard InChI is InChI=1S/C24H19N3O8/c1-33-23(29)21-10-9-18(35-21)13-26-22(28)19(25-24(26)30)12-16-6-2-3-8-20(16)34-14-15-5-4-7-17(11-15)27(31)32/h2-12H,13-14H2,1H3,(H,25,30)/b19-12-. The first-order chi connectivity index (χ1) is 16.9. The zero-order valence-electron chi connectivity index (χ0n) is 18.4. The molecule has 3 aromatic rings. The Morgan fingerprint density at radius 2 is 1.94 bits per heavy atom. The number of carbonyl (C=O) groups excluding carboxylic acids is 3. The summed E-state index contributed by atoms with van der Waals surface area (Å²) in [4.78, 5) is 48.2. The average Bonchev–Trinajstić information content (AvgIpc) is 3.43. The van der Waals surface area contributed by atoms with E-state index in [1.807, 2.05) is 0 Å². The number of imide groups is 1. The van der Waals surface area contributed by atoms with E-state index in [0.717, 1.165) is 4.90 Å². The highest BCUT2D eigenvalue weighted by Crippen LogP contribution is 2.25. The number of rotatable bonds is 8. The maximum Gasteiger partial charge on any atom is 0.373 e. The molecule has 0 bridgehead atoms. The van der Waals surface area contributed by atoms with Crippen molar-refractivity contribution in [1.82, 2.24) is 10.2 Å². The van der Waals surface area contributed by atoms with Crippen LogP contribution in [0.4, 0.5) is 10.5 Å². The Kier molecular flexibility index (Phi) is 6.58. The molecule has 1 N–H and O–H groups in total. The lowest BCUT2D eigenvalue weighted by Crippen LogP contribution is -2.30. The molecule has 1 fully saturated rings. The van der Waals surface area contributed by atoms with E-state index in [9.17, 15) is 24.5 Å². The molecular formula is C24H19N3O8. The number of carbonyl (C=O) groups is 3. The summed E-state index contributed by atoms with van der Waals surface area (Å²) in [5.74, 6) is -0.646. The number of ether oxygens (including phenoxy) is 2. The summed E-state index contributed by atoms with van der Waals surface area (Å²) in [6.07, 6.45) is 1.48. The largest absolute Gasteiger partial charge is 0.488 e. The molecule has 3 amide bonds. The number of nitrogens with one attached hydrogen (secondary N) is 1. The number of nitro benzene ring substituents is 1. The number of esters is 1. The molecule has 0 atom stereocenters. The van der Waals surface area contributed by atoms with Crippen LogP contribution in [-0.2, 0) is 22.7 Å². The van der Waals surface area contributed by atoms with Gasteiger partial charge in [0.2, 0.25) is 5.76 Å². The van der Waals surface area contributed by atoms with Gasteiger partial charge in [0.1, 0.15) is 23.8 Å². The third-order valence-electron chi connectivity index (χ3n) is 5.06. The maximum atomic E-state index is 12.8. The second-order valence-corrected chi connectivity index (χ2v) is 7.39. The second-order valence-electron chi connectivity index (χ2n) is 7.39. The Morgan fingerprint density at radius 1 is 1.14 bits per heavy atom. The van der Waals surface area contributed by atoms with Gasteiger partial charge in [-0.15, -0.1) is 0 Å². The molecule has 0 unspecified atom stereocenters. The maximum absolute atomic E-state index is 12.8. The number of para-hydroxylation sites is 1. The Morgan fingerprint density at radius 3 is 2.71 bits per heavy atom. The molecule has 4 rings (SSSR count). The Labute approximate surface area is 198 Å². The van der Waals surface area contributed by atoms with Crippen molar-refractivity contribution >= 4 is 29.7 Å². The molecule has 178 valence electrons. The number of amides is 3. The van der Waals surface area contributed by atoms with Crippen LogP contribution in [0.5, 0.6) is 5.75 Å². The first-order valence-electron chi connectivity index (χ1n) is 10.3. The number of hydrogen-bond donors (Lipinski definition) is 1. The van der Waals surface area contributed by atoms with Gasteiger partial charge in [-0.25, -0.2) is 9.59 Å². The van der Waals surface area contributed by atoms with E-state index >= 15 is 0 Å². The molecular weight excluding hydrogens is 458 g/mol. The van der Waals surface area contributed by atoms with Crippen molar-refractivity contribution in [2.75, 3.05) is 7.11 Å². The Bertz CT molecular complexity index is 1340. The number of furan rings is 1. The normalized spacial score (nSPS) is 14.2. The predicted octanol–water partition coefficient (Wildman–Crippen LogP) is 3.65. The van der Waals surface area contributed by atoms with Crippen LogP contribution in [0.3, 0.4) is 0 Å². The lowest BCUT2D eigenvalue weighted by atomic mass is 10.1. The average molecular weight is 477 g/mol. The van der Waals surface area contributed by atoms with E-state index < -0.39 is 22.8 Å². The molecule has 0 spiro atoms. The zero-order chi connectivity index (χ0) is 24.9. The van der Waals surface area contributed by atoms with Gasteiger partial charge in [-0.1, -0.05) is 30.3 Å². The van der Waals surface area contributed by atoms with E-state index in [4.69, 9.17) is 9.15 Å². The van der Waals surface area contributed by atoms with E-state index in [1.165, 1.54) is 37.5 Å². The molecule has 1 aliphatic heterocycles. The smallest absolute Gasteiger partial charge is 0.373 e. The molecule has 1 aromatic heterocycles. The van der Waals surface area contributed by atoms with E-state index in [1.54, 1.807) is 36.4 Å². The molecule has 2 heterocycles. The molecule has 0 radical (unpaired) electrons. The number of nitro groups is 1. The van der Waals surface area contributed by atoms with Crippen molar-refractivity contribution in [3.8, 4) is 5.75 Å². The van der Waals surface area contributed by atoms with Gasteiger partial charge >= 0.3 is 12.0 Å². The molecule has 1 aliphatic rings. The predicted molar refractivity (Wildman–Crippen MR) is 121 cm³/mol. The van der Waals surface area contributed by atoms with Crippen molar-refractivity contribution < 1.29 is 33.2 Å². The van der Waals surface area contributed by atoms with Gasteiger partial charge in [-0.2, -0.15) is 0 Å². The highest BCUT2D eigenvalue weighted by Gasteiger charge is 2.34. The number of non-ortho nitro benzene ring substituents is 1. The quantitative estimate of drug-likeness (QED) is 0.170. The van der Waals surface area contributed by atoms with Crippen LogP contribution >= 0.6 is 0 Å². The van der Waals surface area contributed by atoms with Gasteiger partial charge < -0.3 is 19.2 Å². The number of hydrogen-bond acceptors (Lipinski definition) is 8. The Hall–Kier alpha value is -4.93. The fraction of sp³-hybridized carbons (Fsp3) is 0.125. The topological polar surface area (TPSA) is 141 Å². The van der Waals surface area contributed by atoms with Gasteiger partial charge in [0.15, 0.2) is 0 Å². The first kappa shape index (κ1) is 23.2. The summed E-state index contributed by atoms with van der Waals surface area (Å²) < 4.78 is 15.7. The van der Waals surface area contributed by atoms with Crippen LogP contribution in [0.1, 0.15) is 27.4 Å². The van der Waals surface area contributed by atoms with Crippen LogP contribution in [-0.4, -0.2) is 34.8 Å². The van der Waals surface area contributed by atoms with Gasteiger partial charge in [0.25, 0.3) is 11.6 Å². The van der Waals surface area contributed by atoms with Crippen molar-refractivity contribution in [3.05, 3.63) is 99.1 Å². The van der Waals surface area contributed by atoms with Crippen LogP contribution in [0, 0.1) is 10.1 Å². The van der Waals surface area contributed by atoms with E-state index in [-0.39, 0.29) is 36.1 Å². The third-order valence-corrected chi connectivity index (χ3v) is 5.06. The highest BCUT2D eigenvalue weighted by molar-refractivity contribution is 6.14. The molecule has 0 saturated carbocycles. The summed E-state index contributed by atoms with van der Waals surface area (Å²) in [5.41, 5.74) is 1.11. The Balaban J connectivity index is 1.49. The minimum absolute atomic E-state index is 0.0288. The van der Waals surface area contributed by atoms with Crippen LogP contribution in [0.25, 0.3) is 6.08 Å². The molecule has 1 saturated heterocycles. The summed E-state index contributed by atoms with van der Waals surface area (Å²) in [6, 6.07) is 15.2. The summed E-state index contributed by atoms with van der Waals surface area (Å²) >= 11 is 0. The van der Waals surface area contributed by atoms with Gasteiger partial charge in [-0.05, 0) is 29.8 Å². The minimum atomic E-state index is -0.671. The molecule has 2 aromatic carbocycles. The molecule has 11 nitrogen and oxygen atoms in total. The van der Waals surface area contributed by atoms with Crippen LogP contribution < -0.4 is 10.1 Å². The monoisotopic (exact) mass is 477 g/mol. The zero-order valence-corrected chi connectivity index (χ0v) is 18.4. The molecule has 0 aliphatic carbocycles. The summed E-state index contributed by atoms with van der Waals surface area (Å²) in [5, 5.41) is 13.5. The summed E-state index contributed by atoms with van der Waals surface area (Å²) in [6.45, 7) is -0.112. The lowest BCUT2D eigenvalue weighted by molar-refractivity contribution is -0.384. The second kappa shape index (κ2) is 9.91.